The van der Waals surface area contributed by atoms with Crippen molar-refractivity contribution in [3.63, 3.8) is 0 Å². The molecule has 3 heteroatoms. The average molecular weight is 260 g/mol. The van der Waals surface area contributed by atoms with Crippen LogP contribution in [0.1, 0.15) is 44.2 Å². The van der Waals surface area contributed by atoms with Crippen molar-refractivity contribution in [2.75, 3.05) is 13.1 Å². The zero-order chi connectivity index (χ0) is 13.3. The molecule has 19 heavy (non-hydrogen) atoms. The maximum Gasteiger partial charge on any atom is 0.123 e. The van der Waals surface area contributed by atoms with Crippen molar-refractivity contribution in [3.05, 3.63) is 29.3 Å². The maximum atomic E-state index is 5.91. The molecule has 1 aromatic carbocycles. The summed E-state index contributed by atoms with van der Waals surface area (Å²) in [6.45, 7) is 7.59. The van der Waals surface area contributed by atoms with Gasteiger partial charge in [0.1, 0.15) is 11.4 Å². The van der Waals surface area contributed by atoms with Crippen LogP contribution in [0.2, 0.25) is 0 Å². The third-order valence-electron chi connectivity index (χ3n) is 3.99. The van der Waals surface area contributed by atoms with E-state index in [2.05, 4.69) is 42.5 Å². The minimum absolute atomic E-state index is 0.0404. The lowest BCUT2D eigenvalue weighted by Crippen LogP contribution is -2.41. The molecule has 0 bridgehead atoms. The van der Waals surface area contributed by atoms with Crippen molar-refractivity contribution in [2.24, 2.45) is 0 Å². The summed E-state index contributed by atoms with van der Waals surface area (Å²) in [7, 11) is 0. The number of benzene rings is 1. The van der Waals surface area contributed by atoms with Gasteiger partial charge >= 0.3 is 0 Å². The fraction of sp³-hybridized carbons (Fsp3) is 0.625. The molecule has 1 aromatic rings. The SMILES string of the molecule is CC1(C)Cc2cc(CNN3CCCCC3)ccc2O1. The monoisotopic (exact) mass is 260 g/mol. The highest BCUT2D eigenvalue weighted by atomic mass is 16.5. The van der Waals surface area contributed by atoms with Crippen molar-refractivity contribution in [3.8, 4) is 5.75 Å². The molecule has 1 fully saturated rings. The summed E-state index contributed by atoms with van der Waals surface area (Å²) in [5.41, 5.74) is 6.20. The van der Waals surface area contributed by atoms with Gasteiger partial charge in [0.25, 0.3) is 0 Å². The van der Waals surface area contributed by atoms with Crippen molar-refractivity contribution < 1.29 is 4.74 Å². The number of hydrazine groups is 1. The Hall–Kier alpha value is -1.06. The molecule has 1 saturated heterocycles. The average Bonchev–Trinajstić information content (AvgIpc) is 2.70. The third-order valence-corrected chi connectivity index (χ3v) is 3.99. The van der Waals surface area contributed by atoms with Gasteiger partial charge in [0.15, 0.2) is 0 Å². The second kappa shape index (κ2) is 5.14. The normalized spacial score (nSPS) is 22.0. The van der Waals surface area contributed by atoms with Crippen molar-refractivity contribution >= 4 is 0 Å². The highest BCUT2D eigenvalue weighted by Gasteiger charge is 2.29. The first-order chi connectivity index (χ1) is 9.12. The van der Waals surface area contributed by atoms with Crippen LogP contribution in [0.4, 0.5) is 0 Å². The van der Waals surface area contributed by atoms with E-state index in [0.29, 0.717) is 0 Å². The molecule has 0 aliphatic carbocycles. The number of nitrogens with zero attached hydrogens (tertiary/aromatic N) is 1. The fourth-order valence-corrected chi connectivity index (χ4v) is 3.03. The Kier molecular flexibility index (Phi) is 3.50. The van der Waals surface area contributed by atoms with Gasteiger partial charge in [-0.05, 0) is 43.9 Å². The molecule has 2 aliphatic rings. The molecule has 2 heterocycles. The smallest absolute Gasteiger partial charge is 0.123 e. The van der Waals surface area contributed by atoms with E-state index in [1.807, 2.05) is 0 Å². The lowest BCUT2D eigenvalue weighted by Gasteiger charge is -2.27. The maximum absolute atomic E-state index is 5.91. The summed E-state index contributed by atoms with van der Waals surface area (Å²) in [5, 5.41) is 2.36. The number of fused-ring (bicyclic) bond motifs is 1. The van der Waals surface area contributed by atoms with E-state index in [4.69, 9.17) is 4.74 Å². The summed E-state index contributed by atoms with van der Waals surface area (Å²) >= 11 is 0. The molecule has 3 rings (SSSR count). The topological polar surface area (TPSA) is 24.5 Å². The molecule has 0 amide bonds. The molecular weight excluding hydrogens is 236 g/mol. The predicted molar refractivity (Wildman–Crippen MR) is 77.1 cm³/mol. The highest BCUT2D eigenvalue weighted by Crippen LogP contribution is 2.35. The largest absolute Gasteiger partial charge is 0.487 e. The molecule has 2 aliphatic heterocycles. The van der Waals surface area contributed by atoms with Crippen molar-refractivity contribution in [1.82, 2.24) is 10.4 Å². The van der Waals surface area contributed by atoms with E-state index in [-0.39, 0.29) is 5.60 Å². The number of ether oxygens (including phenoxy) is 1. The van der Waals surface area contributed by atoms with E-state index < -0.39 is 0 Å². The molecule has 0 radical (unpaired) electrons. The molecule has 0 unspecified atom stereocenters. The Morgan fingerprint density at radius 2 is 2.00 bits per heavy atom. The number of rotatable bonds is 3. The Morgan fingerprint density at radius 3 is 2.79 bits per heavy atom. The molecular formula is C16H24N2O. The van der Waals surface area contributed by atoms with Crippen LogP contribution in [-0.2, 0) is 13.0 Å². The van der Waals surface area contributed by atoms with E-state index in [1.165, 1.54) is 43.5 Å². The number of hydrogen-bond acceptors (Lipinski definition) is 3. The van der Waals surface area contributed by atoms with E-state index >= 15 is 0 Å². The fourth-order valence-electron chi connectivity index (χ4n) is 3.03. The van der Waals surface area contributed by atoms with Gasteiger partial charge in [-0.3, -0.25) is 5.43 Å². The Bertz CT molecular complexity index is 450. The van der Waals surface area contributed by atoms with Gasteiger partial charge in [0.05, 0.1) is 0 Å². The standard InChI is InChI=1S/C16H24N2O/c1-16(2)11-14-10-13(6-7-15(14)19-16)12-17-18-8-4-3-5-9-18/h6-7,10,17H,3-5,8-9,11-12H2,1-2H3. The van der Waals surface area contributed by atoms with Crippen LogP contribution in [0.5, 0.6) is 5.75 Å². The molecule has 104 valence electrons. The second-order valence-electron chi connectivity index (χ2n) is 6.36. The van der Waals surface area contributed by atoms with Crippen LogP contribution in [0.25, 0.3) is 0 Å². The zero-order valence-corrected chi connectivity index (χ0v) is 12.0. The first-order valence-electron chi connectivity index (χ1n) is 7.42. The summed E-state index contributed by atoms with van der Waals surface area (Å²) in [4.78, 5) is 0. The molecule has 0 spiro atoms. The molecule has 0 aromatic heterocycles. The Labute approximate surface area is 115 Å². The number of nitrogens with one attached hydrogen (secondary N) is 1. The van der Waals surface area contributed by atoms with Crippen LogP contribution in [0.3, 0.4) is 0 Å². The summed E-state index contributed by atoms with van der Waals surface area (Å²) in [6.07, 6.45) is 5.03. The van der Waals surface area contributed by atoms with Gasteiger partial charge in [0.2, 0.25) is 0 Å². The van der Waals surface area contributed by atoms with Gasteiger partial charge in [-0.15, -0.1) is 0 Å². The van der Waals surface area contributed by atoms with Gasteiger partial charge in [-0.1, -0.05) is 18.6 Å². The van der Waals surface area contributed by atoms with Crippen LogP contribution >= 0.6 is 0 Å². The Morgan fingerprint density at radius 1 is 1.21 bits per heavy atom. The minimum Gasteiger partial charge on any atom is -0.487 e. The first-order valence-corrected chi connectivity index (χ1v) is 7.42. The quantitative estimate of drug-likeness (QED) is 0.904. The first kappa shape index (κ1) is 12.9. The van der Waals surface area contributed by atoms with Crippen LogP contribution in [-0.4, -0.2) is 23.7 Å². The van der Waals surface area contributed by atoms with Crippen LogP contribution in [0, 0.1) is 0 Å². The number of piperidine rings is 1. The summed E-state index contributed by atoms with van der Waals surface area (Å²) in [5.74, 6) is 1.06. The van der Waals surface area contributed by atoms with Gasteiger partial charge in [-0.2, -0.15) is 0 Å². The highest BCUT2D eigenvalue weighted by molar-refractivity contribution is 5.41. The van der Waals surface area contributed by atoms with Gasteiger partial charge in [-0.25, -0.2) is 5.01 Å². The minimum atomic E-state index is -0.0404. The van der Waals surface area contributed by atoms with E-state index in [0.717, 1.165) is 18.7 Å². The second-order valence-corrected chi connectivity index (χ2v) is 6.36. The Balaban J connectivity index is 1.60. The molecule has 3 nitrogen and oxygen atoms in total. The molecule has 0 saturated carbocycles. The van der Waals surface area contributed by atoms with Gasteiger partial charge < -0.3 is 4.74 Å². The summed E-state index contributed by atoms with van der Waals surface area (Å²) in [6, 6.07) is 6.59. The van der Waals surface area contributed by atoms with Crippen LogP contribution < -0.4 is 10.2 Å². The molecule has 1 N–H and O–H groups in total. The van der Waals surface area contributed by atoms with Crippen LogP contribution in [0.15, 0.2) is 18.2 Å². The summed E-state index contributed by atoms with van der Waals surface area (Å²) < 4.78 is 5.91. The van der Waals surface area contributed by atoms with Crippen molar-refractivity contribution in [1.29, 1.82) is 0 Å². The third kappa shape index (κ3) is 3.10. The van der Waals surface area contributed by atoms with E-state index in [1.54, 1.807) is 0 Å². The van der Waals surface area contributed by atoms with E-state index in [9.17, 15) is 0 Å². The predicted octanol–water partition coefficient (Wildman–Crippen LogP) is 2.89. The number of hydrogen-bond donors (Lipinski definition) is 1. The van der Waals surface area contributed by atoms with Gasteiger partial charge in [0, 0.05) is 26.1 Å². The lowest BCUT2D eigenvalue weighted by molar-refractivity contribution is 0.138. The lowest BCUT2D eigenvalue weighted by atomic mass is 10.0. The molecule has 0 atom stereocenters. The van der Waals surface area contributed by atoms with Crippen molar-refractivity contribution in [2.45, 2.75) is 51.7 Å². The zero-order valence-electron chi connectivity index (χ0n) is 12.0.